The number of methoxy groups -OCH3 is 1. The number of hydrogen-bond acceptors (Lipinski definition) is 3. The van der Waals surface area contributed by atoms with E-state index >= 15 is 0 Å². The Hall–Kier alpha value is -1.40. The van der Waals surface area contributed by atoms with E-state index in [9.17, 15) is 4.79 Å². The topological polar surface area (TPSA) is 32.8 Å². The summed E-state index contributed by atoms with van der Waals surface area (Å²) in [7, 11) is 5.04. The molecule has 0 unspecified atom stereocenters. The SMILES string of the molecule is COc1ccc(Br)cc1/C=C1/C(=O)N(C)C(=S)N1C. The predicted molar refractivity (Wildman–Crippen MR) is 81.8 cm³/mol. The van der Waals surface area contributed by atoms with Crippen LogP contribution in [0.15, 0.2) is 28.4 Å². The summed E-state index contributed by atoms with van der Waals surface area (Å²) in [6.07, 6.45) is 1.78. The Morgan fingerprint density at radius 3 is 2.53 bits per heavy atom. The standard InChI is InChI=1S/C13H13BrN2O2S/c1-15-10(12(17)16(2)13(15)19)7-8-6-9(14)4-5-11(8)18-3/h4-7H,1-3H3/b10-7-. The van der Waals surface area contributed by atoms with Gasteiger partial charge in [-0.25, -0.2) is 0 Å². The van der Waals surface area contributed by atoms with Gasteiger partial charge >= 0.3 is 0 Å². The number of carbonyl (C=O) groups is 1. The van der Waals surface area contributed by atoms with Crippen LogP contribution < -0.4 is 4.74 Å². The van der Waals surface area contributed by atoms with Gasteiger partial charge < -0.3 is 9.64 Å². The first kappa shape index (κ1) is 14.0. The molecule has 0 saturated carbocycles. The van der Waals surface area contributed by atoms with Crippen LogP contribution in [0, 0.1) is 0 Å². The van der Waals surface area contributed by atoms with E-state index in [1.54, 1.807) is 32.2 Å². The molecule has 1 aliphatic rings. The van der Waals surface area contributed by atoms with Crippen molar-refractivity contribution in [1.29, 1.82) is 0 Å². The predicted octanol–water partition coefficient (Wildman–Crippen LogP) is 2.49. The van der Waals surface area contributed by atoms with E-state index in [2.05, 4.69) is 15.9 Å². The second kappa shape index (κ2) is 5.30. The van der Waals surface area contributed by atoms with Crippen molar-refractivity contribution in [2.75, 3.05) is 21.2 Å². The van der Waals surface area contributed by atoms with E-state index in [0.717, 1.165) is 10.0 Å². The largest absolute Gasteiger partial charge is 0.496 e. The Labute approximate surface area is 125 Å². The van der Waals surface area contributed by atoms with Gasteiger partial charge in [0.15, 0.2) is 5.11 Å². The third-order valence-electron chi connectivity index (χ3n) is 2.94. The van der Waals surface area contributed by atoms with Gasteiger partial charge in [-0.1, -0.05) is 15.9 Å². The number of thiocarbonyl (C=S) groups is 1. The Bertz CT molecular complexity index is 586. The zero-order chi connectivity index (χ0) is 14.2. The van der Waals surface area contributed by atoms with Gasteiger partial charge in [0.05, 0.1) is 7.11 Å². The van der Waals surface area contributed by atoms with Crippen molar-refractivity contribution in [3.63, 3.8) is 0 Å². The van der Waals surface area contributed by atoms with Gasteiger partial charge in [-0.15, -0.1) is 0 Å². The number of ether oxygens (including phenoxy) is 1. The lowest BCUT2D eigenvalue weighted by Crippen LogP contribution is -2.26. The Balaban J connectivity index is 2.49. The van der Waals surface area contributed by atoms with Gasteiger partial charge in [0.1, 0.15) is 11.4 Å². The first-order valence-electron chi connectivity index (χ1n) is 5.56. The van der Waals surface area contributed by atoms with Gasteiger partial charge in [0.2, 0.25) is 0 Å². The van der Waals surface area contributed by atoms with Crippen LogP contribution in [0.3, 0.4) is 0 Å². The molecule has 100 valence electrons. The third kappa shape index (κ3) is 2.50. The van der Waals surface area contributed by atoms with Gasteiger partial charge in [0.25, 0.3) is 5.91 Å². The molecule has 4 nitrogen and oxygen atoms in total. The highest BCUT2D eigenvalue weighted by Gasteiger charge is 2.32. The number of nitrogens with zero attached hydrogens (tertiary/aromatic N) is 2. The second-order valence-electron chi connectivity index (χ2n) is 4.12. The molecule has 0 aromatic heterocycles. The van der Waals surface area contributed by atoms with Crippen molar-refractivity contribution in [3.8, 4) is 5.75 Å². The summed E-state index contributed by atoms with van der Waals surface area (Å²) in [5, 5.41) is 0.491. The monoisotopic (exact) mass is 340 g/mol. The fourth-order valence-corrected chi connectivity index (χ4v) is 2.41. The number of carbonyl (C=O) groups excluding carboxylic acids is 1. The molecule has 1 aliphatic heterocycles. The van der Waals surface area contributed by atoms with E-state index in [1.807, 2.05) is 18.2 Å². The zero-order valence-electron chi connectivity index (χ0n) is 10.8. The number of amides is 1. The van der Waals surface area contributed by atoms with Crippen LogP contribution in [0.25, 0.3) is 6.08 Å². The van der Waals surface area contributed by atoms with E-state index in [4.69, 9.17) is 17.0 Å². The fraction of sp³-hybridized carbons (Fsp3) is 0.231. The highest BCUT2D eigenvalue weighted by molar-refractivity contribution is 9.10. The molecule has 0 aliphatic carbocycles. The first-order chi connectivity index (χ1) is 8.95. The smallest absolute Gasteiger partial charge is 0.276 e. The zero-order valence-corrected chi connectivity index (χ0v) is 13.2. The molecule has 0 atom stereocenters. The minimum Gasteiger partial charge on any atom is -0.496 e. The molecule has 0 spiro atoms. The maximum absolute atomic E-state index is 12.1. The summed E-state index contributed by atoms with van der Waals surface area (Å²) in [5.74, 6) is 0.590. The summed E-state index contributed by atoms with van der Waals surface area (Å²) >= 11 is 8.58. The van der Waals surface area contributed by atoms with Crippen LogP contribution in [0.5, 0.6) is 5.75 Å². The van der Waals surface area contributed by atoms with E-state index in [-0.39, 0.29) is 5.91 Å². The second-order valence-corrected chi connectivity index (χ2v) is 5.40. The minimum atomic E-state index is -0.116. The molecule has 1 aromatic rings. The molecule has 1 amide bonds. The number of rotatable bonds is 2. The fourth-order valence-electron chi connectivity index (χ4n) is 1.85. The molecular weight excluding hydrogens is 328 g/mol. The Morgan fingerprint density at radius 1 is 1.32 bits per heavy atom. The Kier molecular flexibility index (Phi) is 3.91. The lowest BCUT2D eigenvalue weighted by molar-refractivity contribution is -0.121. The summed E-state index contributed by atoms with van der Waals surface area (Å²) in [6.45, 7) is 0. The van der Waals surface area contributed by atoms with Crippen molar-refractivity contribution >= 4 is 45.2 Å². The van der Waals surface area contributed by atoms with Gasteiger partial charge in [-0.05, 0) is 36.5 Å². The molecule has 2 rings (SSSR count). The van der Waals surface area contributed by atoms with E-state index in [1.165, 1.54) is 4.90 Å². The average molecular weight is 341 g/mol. The lowest BCUT2D eigenvalue weighted by Gasteiger charge is -2.12. The summed E-state index contributed by atoms with van der Waals surface area (Å²) < 4.78 is 6.21. The molecule has 1 fully saturated rings. The maximum atomic E-state index is 12.1. The highest BCUT2D eigenvalue weighted by atomic mass is 79.9. The summed E-state index contributed by atoms with van der Waals surface area (Å²) in [6, 6.07) is 5.63. The van der Waals surface area contributed by atoms with Crippen molar-refractivity contribution in [2.45, 2.75) is 0 Å². The summed E-state index contributed by atoms with van der Waals surface area (Å²) in [4.78, 5) is 15.2. The van der Waals surface area contributed by atoms with Crippen LogP contribution in [0.2, 0.25) is 0 Å². The van der Waals surface area contributed by atoms with Crippen LogP contribution in [0.4, 0.5) is 0 Å². The van der Waals surface area contributed by atoms with E-state index < -0.39 is 0 Å². The normalized spacial score (nSPS) is 17.6. The number of likely N-dealkylation sites (N-methyl/N-ethyl adjacent to an activating group) is 2. The first-order valence-corrected chi connectivity index (χ1v) is 6.77. The molecule has 1 saturated heterocycles. The van der Waals surface area contributed by atoms with Crippen LogP contribution in [-0.2, 0) is 4.79 Å². The summed E-state index contributed by atoms with van der Waals surface area (Å²) in [5.41, 5.74) is 1.36. The molecule has 0 bridgehead atoms. The number of halogens is 1. The quantitative estimate of drug-likeness (QED) is 0.611. The minimum absolute atomic E-state index is 0.116. The van der Waals surface area contributed by atoms with Gasteiger partial charge in [-0.3, -0.25) is 9.69 Å². The number of hydrogen-bond donors (Lipinski definition) is 0. The number of benzene rings is 1. The van der Waals surface area contributed by atoms with Crippen LogP contribution in [0.1, 0.15) is 5.56 Å². The van der Waals surface area contributed by atoms with Gasteiger partial charge in [-0.2, -0.15) is 0 Å². The van der Waals surface area contributed by atoms with Crippen molar-refractivity contribution < 1.29 is 9.53 Å². The molecule has 1 heterocycles. The molecule has 19 heavy (non-hydrogen) atoms. The van der Waals surface area contributed by atoms with Crippen LogP contribution in [-0.4, -0.2) is 42.0 Å². The third-order valence-corrected chi connectivity index (χ3v) is 3.98. The molecule has 1 aromatic carbocycles. The molecule has 0 radical (unpaired) electrons. The lowest BCUT2D eigenvalue weighted by atomic mass is 10.1. The van der Waals surface area contributed by atoms with E-state index in [0.29, 0.717) is 16.6 Å². The molecule has 6 heteroatoms. The molecular formula is C13H13BrN2O2S. The van der Waals surface area contributed by atoms with Crippen molar-refractivity contribution in [3.05, 3.63) is 33.9 Å². The highest BCUT2D eigenvalue weighted by Crippen LogP contribution is 2.28. The van der Waals surface area contributed by atoms with Gasteiger partial charge in [0, 0.05) is 24.1 Å². The van der Waals surface area contributed by atoms with Crippen LogP contribution >= 0.6 is 28.1 Å². The van der Waals surface area contributed by atoms with Crippen molar-refractivity contribution in [1.82, 2.24) is 9.80 Å². The van der Waals surface area contributed by atoms with Crippen molar-refractivity contribution in [2.24, 2.45) is 0 Å². The average Bonchev–Trinajstić information content (AvgIpc) is 2.57. The molecule has 0 N–H and O–H groups in total. The maximum Gasteiger partial charge on any atom is 0.276 e. The Morgan fingerprint density at radius 2 is 2.00 bits per heavy atom.